The van der Waals surface area contributed by atoms with Crippen LogP contribution in [0.1, 0.15) is 59.2 Å². The van der Waals surface area contributed by atoms with Gasteiger partial charge in [0.1, 0.15) is 0 Å². The normalized spacial score (nSPS) is 13.2. The van der Waals surface area contributed by atoms with Crippen LogP contribution in [0.4, 0.5) is 25.0 Å². The van der Waals surface area contributed by atoms with Gasteiger partial charge < -0.3 is 15.7 Å². The minimum absolute atomic E-state index is 0.0115. The van der Waals surface area contributed by atoms with Crippen molar-refractivity contribution >= 4 is 73.4 Å². The molecule has 4 rings (SSSR count). The Balaban J connectivity index is 1.57. The van der Waals surface area contributed by atoms with E-state index in [9.17, 15) is 23.2 Å². The van der Waals surface area contributed by atoms with Gasteiger partial charge in [0.2, 0.25) is 0 Å². The van der Waals surface area contributed by atoms with Crippen LogP contribution in [0, 0.1) is 0 Å². The average molecular weight is 752 g/mol. The predicted molar refractivity (Wildman–Crippen MR) is 171 cm³/mol. The number of carboxylic acids is 1. The molecule has 0 heterocycles. The van der Waals surface area contributed by atoms with Crippen LogP contribution in [-0.4, -0.2) is 29.6 Å². The molecule has 11 heteroatoms. The molecule has 1 aliphatic rings. The van der Waals surface area contributed by atoms with Crippen LogP contribution < -0.4 is 15.5 Å². The van der Waals surface area contributed by atoms with E-state index >= 15 is 0 Å². The predicted octanol–water partition coefficient (Wildman–Crippen LogP) is 8.33. The van der Waals surface area contributed by atoms with Gasteiger partial charge in [-0.25, -0.2) is 4.79 Å². The van der Waals surface area contributed by atoms with Crippen LogP contribution in [0.2, 0.25) is 0 Å². The summed E-state index contributed by atoms with van der Waals surface area (Å²) in [7, 11) is 0. The number of aliphatic carboxylic acids is 1. The summed E-state index contributed by atoms with van der Waals surface area (Å²) in [6, 6.07) is 17.9. The highest BCUT2D eigenvalue weighted by molar-refractivity contribution is 14.1. The highest BCUT2D eigenvalue weighted by Crippen LogP contribution is 2.38. The number of allylic oxidation sites excluding steroid dienone is 2. The molecule has 0 saturated carbocycles. The Kier molecular flexibility index (Phi) is 10.7. The van der Waals surface area contributed by atoms with Crippen molar-refractivity contribution in [2.45, 2.75) is 42.6 Å². The van der Waals surface area contributed by atoms with E-state index in [4.69, 9.17) is 5.11 Å². The fourth-order valence-corrected chi connectivity index (χ4v) is 5.39. The molecule has 1 aliphatic carbocycles. The van der Waals surface area contributed by atoms with Crippen molar-refractivity contribution in [3.05, 3.63) is 99.5 Å². The number of carboxylic acid groups (broad SMARTS) is 1. The molecule has 3 N–H and O–H groups in total. The van der Waals surface area contributed by atoms with Crippen LogP contribution in [0.5, 0.6) is 0 Å². The third-order valence-corrected chi connectivity index (χ3v) is 7.82. The van der Waals surface area contributed by atoms with Gasteiger partial charge >= 0.3 is 15.9 Å². The van der Waals surface area contributed by atoms with Crippen LogP contribution in [-0.2, 0) is 15.3 Å². The smallest absolute Gasteiger partial charge is 0.326 e. The van der Waals surface area contributed by atoms with Crippen molar-refractivity contribution in [3.8, 4) is 0 Å². The Bertz CT molecular complexity index is 1470. The van der Waals surface area contributed by atoms with E-state index in [1.54, 1.807) is 30.3 Å². The van der Waals surface area contributed by atoms with E-state index in [-0.39, 0.29) is 30.8 Å². The van der Waals surface area contributed by atoms with Crippen molar-refractivity contribution in [1.82, 2.24) is 5.32 Å². The summed E-state index contributed by atoms with van der Waals surface area (Å²) in [6.07, 6.45) is 6.44. The number of anilines is 2. The summed E-state index contributed by atoms with van der Waals surface area (Å²) in [5.74, 6) is -1.41. The summed E-state index contributed by atoms with van der Waals surface area (Å²) in [4.78, 5) is 38.2. The van der Waals surface area contributed by atoms with E-state index in [0.29, 0.717) is 15.7 Å². The highest BCUT2D eigenvalue weighted by Gasteiger charge is 2.28. The lowest BCUT2D eigenvalue weighted by Gasteiger charge is -2.25. The third kappa shape index (κ3) is 8.84. The summed E-state index contributed by atoms with van der Waals surface area (Å²) in [5, 5.41) is 14.1. The molecule has 0 saturated heterocycles. The third-order valence-electron chi connectivity index (χ3n) is 6.74. The molecule has 3 amide bonds. The maximum atomic E-state index is 14.0. The van der Waals surface area contributed by atoms with Gasteiger partial charge in [-0.2, -0.15) is 8.78 Å². The lowest BCUT2D eigenvalue weighted by Crippen LogP contribution is -2.34. The number of halogens is 4. The SMILES string of the molecule is O=C(O)CCNC(=O)c1ccc(CN(C(=O)Nc2cc(Br)cc(C(F)(F)I)c2)c2ccc(C3=CCCCC3)cc2)cc1. The number of hydrogen-bond donors (Lipinski definition) is 3. The van der Waals surface area contributed by atoms with Gasteiger partial charge in [-0.05, 0) is 84.8 Å². The van der Waals surface area contributed by atoms with Crippen LogP contribution in [0.25, 0.3) is 5.57 Å². The number of benzene rings is 3. The van der Waals surface area contributed by atoms with Gasteiger partial charge in [-0.15, -0.1) is 0 Å². The Morgan fingerprint density at radius 3 is 2.33 bits per heavy atom. The average Bonchev–Trinajstić information content (AvgIpc) is 2.96. The number of hydrogen-bond acceptors (Lipinski definition) is 3. The molecule has 0 atom stereocenters. The largest absolute Gasteiger partial charge is 0.481 e. The number of carbonyl (C=O) groups excluding carboxylic acids is 2. The molecule has 0 radical (unpaired) electrons. The first-order chi connectivity index (χ1) is 20.0. The van der Waals surface area contributed by atoms with Crippen LogP contribution in [0.3, 0.4) is 0 Å². The zero-order valence-electron chi connectivity index (χ0n) is 22.5. The second kappa shape index (κ2) is 14.2. The number of urea groups is 1. The Labute approximate surface area is 264 Å². The topological polar surface area (TPSA) is 98.7 Å². The number of amides is 3. The van der Waals surface area contributed by atoms with E-state index < -0.39 is 21.8 Å². The molecule has 0 fully saturated rings. The Morgan fingerprint density at radius 2 is 1.71 bits per heavy atom. The van der Waals surface area contributed by atoms with Crippen molar-refractivity contribution < 1.29 is 28.3 Å². The molecular weight excluding hydrogens is 723 g/mol. The Morgan fingerprint density at radius 1 is 1.00 bits per heavy atom. The lowest BCUT2D eigenvalue weighted by atomic mass is 9.93. The highest BCUT2D eigenvalue weighted by atomic mass is 127. The van der Waals surface area contributed by atoms with Crippen molar-refractivity contribution in [2.75, 3.05) is 16.8 Å². The maximum absolute atomic E-state index is 14.0. The zero-order valence-corrected chi connectivity index (χ0v) is 26.3. The molecule has 0 unspecified atom stereocenters. The monoisotopic (exact) mass is 751 g/mol. The van der Waals surface area contributed by atoms with Crippen molar-refractivity contribution in [1.29, 1.82) is 0 Å². The minimum atomic E-state index is -3.12. The number of nitrogens with one attached hydrogen (secondary N) is 2. The van der Waals surface area contributed by atoms with Crippen molar-refractivity contribution in [3.63, 3.8) is 0 Å². The quantitative estimate of drug-likeness (QED) is 0.143. The fraction of sp³-hybridized carbons (Fsp3) is 0.258. The van der Waals surface area contributed by atoms with Gasteiger partial charge in [-0.1, -0.05) is 46.3 Å². The standard InChI is InChI=1S/C31H29BrF2IN3O4/c32-25-16-24(31(33,34)35)17-26(18-25)37-30(42)38(27-12-10-22(11-13-27)21-4-2-1-3-5-21)19-20-6-8-23(9-7-20)29(41)36-15-14-28(39)40/h4,6-13,16-18H,1-3,5,14-15,19H2,(H,36,41)(H,37,42)(H,39,40). The number of carbonyl (C=O) groups is 3. The Hall–Kier alpha value is -3.32. The number of alkyl halides is 3. The molecule has 7 nitrogen and oxygen atoms in total. The fourth-order valence-electron chi connectivity index (χ4n) is 4.58. The first-order valence-electron chi connectivity index (χ1n) is 13.3. The zero-order chi connectivity index (χ0) is 30.3. The van der Waals surface area contributed by atoms with E-state index in [2.05, 4.69) is 32.6 Å². The molecule has 0 aliphatic heterocycles. The summed E-state index contributed by atoms with van der Waals surface area (Å²) < 4.78 is 25.3. The summed E-state index contributed by atoms with van der Waals surface area (Å²) in [5.41, 5.74) is 4.02. The first-order valence-corrected chi connectivity index (χ1v) is 15.2. The first kappa shape index (κ1) is 31.6. The van der Waals surface area contributed by atoms with Gasteiger partial charge in [0.25, 0.3) is 5.91 Å². The van der Waals surface area contributed by atoms with Gasteiger partial charge in [0.05, 0.1) is 13.0 Å². The minimum Gasteiger partial charge on any atom is -0.481 e. The lowest BCUT2D eigenvalue weighted by molar-refractivity contribution is -0.136. The molecule has 0 bridgehead atoms. The van der Waals surface area contributed by atoms with E-state index in [1.165, 1.54) is 29.0 Å². The molecule has 0 aromatic heterocycles. The van der Waals surface area contributed by atoms with E-state index in [1.807, 2.05) is 24.3 Å². The summed E-state index contributed by atoms with van der Waals surface area (Å²) in [6.45, 7) is 0.148. The van der Waals surface area contributed by atoms with Gasteiger partial charge in [0.15, 0.2) is 0 Å². The molecule has 0 spiro atoms. The second-order valence-electron chi connectivity index (χ2n) is 9.86. The second-order valence-corrected chi connectivity index (χ2v) is 12.1. The maximum Gasteiger partial charge on any atom is 0.326 e. The number of nitrogens with zero attached hydrogens (tertiary/aromatic N) is 1. The van der Waals surface area contributed by atoms with Crippen molar-refractivity contribution in [2.24, 2.45) is 0 Å². The van der Waals surface area contributed by atoms with Crippen LogP contribution >= 0.6 is 38.5 Å². The van der Waals surface area contributed by atoms with E-state index in [0.717, 1.165) is 53.0 Å². The molecule has 3 aromatic carbocycles. The molecule has 3 aromatic rings. The van der Waals surface area contributed by atoms with Gasteiger partial charge in [0, 0.05) is 56.1 Å². The molecular formula is C31H29BrF2IN3O4. The summed E-state index contributed by atoms with van der Waals surface area (Å²) >= 11 is 4.30. The number of rotatable bonds is 10. The van der Waals surface area contributed by atoms with Crippen LogP contribution in [0.15, 0.2) is 77.3 Å². The van der Waals surface area contributed by atoms with Gasteiger partial charge in [-0.3, -0.25) is 14.5 Å². The molecule has 220 valence electrons. The molecule has 42 heavy (non-hydrogen) atoms.